The van der Waals surface area contributed by atoms with E-state index in [1.165, 1.54) is 44.1 Å². The molecule has 2 rings (SSSR count). The number of benzene rings is 1. The molecular formula is C18H28FN. The van der Waals surface area contributed by atoms with Crippen LogP contribution in [0.15, 0.2) is 18.2 Å². The lowest BCUT2D eigenvalue weighted by Crippen LogP contribution is -2.33. The first-order valence-electron chi connectivity index (χ1n) is 8.17. The summed E-state index contributed by atoms with van der Waals surface area (Å²) >= 11 is 0. The monoisotopic (exact) mass is 277 g/mol. The zero-order valence-electron chi connectivity index (χ0n) is 12.9. The van der Waals surface area contributed by atoms with E-state index in [2.05, 4.69) is 12.2 Å². The summed E-state index contributed by atoms with van der Waals surface area (Å²) in [5.74, 6) is 0.757. The number of nitrogens with one attached hydrogen (secondary N) is 1. The maximum absolute atomic E-state index is 13.2. The van der Waals surface area contributed by atoms with Crippen LogP contribution in [0, 0.1) is 18.7 Å². The normalized spacial score (nSPS) is 18.1. The predicted molar refractivity (Wildman–Crippen MR) is 83.5 cm³/mol. The van der Waals surface area contributed by atoms with Crippen LogP contribution in [0.5, 0.6) is 0 Å². The van der Waals surface area contributed by atoms with Gasteiger partial charge in [-0.05, 0) is 55.5 Å². The Morgan fingerprint density at radius 1 is 1.25 bits per heavy atom. The zero-order valence-corrected chi connectivity index (χ0v) is 12.9. The van der Waals surface area contributed by atoms with E-state index >= 15 is 0 Å². The fraction of sp³-hybridized carbons (Fsp3) is 0.667. The van der Waals surface area contributed by atoms with Crippen molar-refractivity contribution in [3.8, 4) is 0 Å². The molecule has 1 aliphatic rings. The highest BCUT2D eigenvalue weighted by Crippen LogP contribution is 2.28. The molecule has 1 aromatic rings. The molecule has 1 atom stereocenters. The van der Waals surface area contributed by atoms with Gasteiger partial charge in [-0.25, -0.2) is 4.39 Å². The Balaban J connectivity index is 1.96. The third kappa shape index (κ3) is 4.59. The van der Waals surface area contributed by atoms with Gasteiger partial charge in [-0.15, -0.1) is 0 Å². The van der Waals surface area contributed by atoms with Crippen molar-refractivity contribution in [2.75, 3.05) is 6.54 Å². The predicted octanol–water partition coefficient (Wildman–Crippen LogP) is 4.63. The van der Waals surface area contributed by atoms with Crippen molar-refractivity contribution in [1.82, 2.24) is 5.32 Å². The molecule has 0 heterocycles. The molecule has 1 fully saturated rings. The van der Waals surface area contributed by atoms with Crippen molar-refractivity contribution < 1.29 is 4.39 Å². The van der Waals surface area contributed by atoms with Crippen molar-refractivity contribution in [3.05, 3.63) is 35.1 Å². The second-order valence-corrected chi connectivity index (χ2v) is 6.27. The minimum absolute atomic E-state index is 0.126. The van der Waals surface area contributed by atoms with Gasteiger partial charge in [0.2, 0.25) is 0 Å². The summed E-state index contributed by atoms with van der Waals surface area (Å²) in [6.07, 6.45) is 9.30. The first-order valence-corrected chi connectivity index (χ1v) is 8.17. The summed E-state index contributed by atoms with van der Waals surface area (Å²) in [7, 11) is 0. The van der Waals surface area contributed by atoms with Crippen molar-refractivity contribution in [2.24, 2.45) is 5.92 Å². The second kappa shape index (κ2) is 7.78. The molecule has 2 heteroatoms. The third-order valence-electron chi connectivity index (χ3n) is 4.61. The molecule has 1 unspecified atom stereocenters. The van der Waals surface area contributed by atoms with Gasteiger partial charge < -0.3 is 5.32 Å². The molecule has 1 aromatic carbocycles. The Morgan fingerprint density at radius 2 is 2.00 bits per heavy atom. The van der Waals surface area contributed by atoms with Crippen LogP contribution in [-0.2, 0) is 6.42 Å². The van der Waals surface area contributed by atoms with Gasteiger partial charge >= 0.3 is 0 Å². The maximum atomic E-state index is 13.2. The van der Waals surface area contributed by atoms with Crippen molar-refractivity contribution in [1.29, 1.82) is 0 Å². The lowest BCUT2D eigenvalue weighted by atomic mass is 9.83. The van der Waals surface area contributed by atoms with E-state index in [4.69, 9.17) is 0 Å². The number of hydrogen-bond acceptors (Lipinski definition) is 1. The van der Waals surface area contributed by atoms with Gasteiger partial charge in [-0.2, -0.15) is 0 Å². The highest BCUT2D eigenvalue weighted by molar-refractivity contribution is 5.27. The fourth-order valence-corrected chi connectivity index (χ4v) is 3.51. The second-order valence-electron chi connectivity index (χ2n) is 6.27. The van der Waals surface area contributed by atoms with E-state index < -0.39 is 0 Å². The molecule has 0 aliphatic heterocycles. The summed E-state index contributed by atoms with van der Waals surface area (Å²) in [4.78, 5) is 0. The molecule has 1 saturated carbocycles. The Kier molecular flexibility index (Phi) is 6.03. The van der Waals surface area contributed by atoms with Crippen LogP contribution in [-0.4, -0.2) is 12.6 Å². The van der Waals surface area contributed by atoms with E-state index in [1.807, 2.05) is 13.0 Å². The Labute approximate surface area is 123 Å². The number of hydrogen-bond donors (Lipinski definition) is 1. The van der Waals surface area contributed by atoms with Gasteiger partial charge in [-0.1, -0.05) is 45.1 Å². The molecule has 1 nitrogen and oxygen atoms in total. The molecule has 112 valence electrons. The van der Waals surface area contributed by atoms with Crippen LogP contribution < -0.4 is 5.32 Å². The molecule has 0 amide bonds. The van der Waals surface area contributed by atoms with Gasteiger partial charge in [0.25, 0.3) is 0 Å². The fourth-order valence-electron chi connectivity index (χ4n) is 3.51. The van der Waals surface area contributed by atoms with E-state index in [-0.39, 0.29) is 5.82 Å². The molecule has 1 aliphatic carbocycles. The van der Waals surface area contributed by atoms with Gasteiger partial charge in [0, 0.05) is 6.04 Å². The Bertz CT molecular complexity index is 410. The SMILES string of the molecule is CCNC(Cc1ccc(F)cc1C)CC1CCCCC1. The van der Waals surface area contributed by atoms with Crippen LogP contribution in [0.25, 0.3) is 0 Å². The molecule has 0 saturated heterocycles. The number of halogens is 1. The minimum atomic E-state index is -0.126. The summed E-state index contributed by atoms with van der Waals surface area (Å²) in [5, 5.41) is 3.63. The molecule has 0 bridgehead atoms. The first kappa shape index (κ1) is 15.5. The lowest BCUT2D eigenvalue weighted by molar-refractivity contribution is 0.298. The van der Waals surface area contributed by atoms with Gasteiger partial charge in [-0.3, -0.25) is 0 Å². The standard InChI is InChI=1S/C18H28FN/c1-3-20-18(12-15-7-5-4-6-8-15)13-16-9-10-17(19)11-14(16)2/h9-11,15,18,20H,3-8,12-13H2,1-2H3. The number of likely N-dealkylation sites (N-methyl/N-ethyl adjacent to an activating group) is 1. The molecular weight excluding hydrogens is 249 g/mol. The smallest absolute Gasteiger partial charge is 0.123 e. The quantitative estimate of drug-likeness (QED) is 0.799. The van der Waals surface area contributed by atoms with Crippen molar-refractivity contribution in [3.63, 3.8) is 0 Å². The van der Waals surface area contributed by atoms with Crippen LogP contribution in [0.4, 0.5) is 4.39 Å². The van der Waals surface area contributed by atoms with Crippen LogP contribution >= 0.6 is 0 Å². The van der Waals surface area contributed by atoms with E-state index in [0.29, 0.717) is 6.04 Å². The van der Waals surface area contributed by atoms with Crippen LogP contribution in [0.3, 0.4) is 0 Å². The van der Waals surface area contributed by atoms with Crippen LogP contribution in [0.2, 0.25) is 0 Å². The summed E-state index contributed by atoms with van der Waals surface area (Å²) in [6, 6.07) is 5.73. The summed E-state index contributed by atoms with van der Waals surface area (Å²) < 4.78 is 13.2. The van der Waals surface area contributed by atoms with E-state index in [9.17, 15) is 4.39 Å². The van der Waals surface area contributed by atoms with E-state index in [0.717, 1.165) is 24.4 Å². The highest BCUT2D eigenvalue weighted by Gasteiger charge is 2.19. The largest absolute Gasteiger partial charge is 0.314 e. The molecule has 0 radical (unpaired) electrons. The molecule has 0 spiro atoms. The van der Waals surface area contributed by atoms with Gasteiger partial charge in [0.15, 0.2) is 0 Å². The molecule has 0 aromatic heterocycles. The van der Waals surface area contributed by atoms with E-state index in [1.54, 1.807) is 12.1 Å². The highest BCUT2D eigenvalue weighted by atomic mass is 19.1. The topological polar surface area (TPSA) is 12.0 Å². The minimum Gasteiger partial charge on any atom is -0.314 e. The van der Waals surface area contributed by atoms with Gasteiger partial charge in [0.1, 0.15) is 5.82 Å². The number of rotatable bonds is 6. The lowest BCUT2D eigenvalue weighted by Gasteiger charge is -2.27. The Morgan fingerprint density at radius 3 is 2.65 bits per heavy atom. The average molecular weight is 277 g/mol. The zero-order chi connectivity index (χ0) is 14.4. The summed E-state index contributed by atoms with van der Waals surface area (Å²) in [5.41, 5.74) is 2.37. The Hall–Kier alpha value is -0.890. The van der Waals surface area contributed by atoms with Crippen LogP contribution in [0.1, 0.15) is 56.6 Å². The van der Waals surface area contributed by atoms with Crippen molar-refractivity contribution >= 4 is 0 Å². The van der Waals surface area contributed by atoms with Crippen molar-refractivity contribution in [2.45, 2.75) is 64.8 Å². The third-order valence-corrected chi connectivity index (χ3v) is 4.61. The maximum Gasteiger partial charge on any atom is 0.123 e. The molecule has 1 N–H and O–H groups in total. The number of aryl methyl sites for hydroxylation is 1. The molecule has 20 heavy (non-hydrogen) atoms. The first-order chi connectivity index (χ1) is 9.69. The summed E-state index contributed by atoms with van der Waals surface area (Å²) in [6.45, 7) is 5.20. The van der Waals surface area contributed by atoms with Gasteiger partial charge in [0.05, 0.1) is 0 Å². The average Bonchev–Trinajstić information content (AvgIpc) is 2.43.